The number of rotatable bonds is 1. The first-order valence-electron chi connectivity index (χ1n) is 10.6. The van der Waals surface area contributed by atoms with Gasteiger partial charge in [-0.25, -0.2) is 0 Å². The van der Waals surface area contributed by atoms with Gasteiger partial charge in [0.1, 0.15) is 5.84 Å². The maximum Gasteiger partial charge on any atom is 0.219 e. The molecule has 29 heavy (non-hydrogen) atoms. The minimum Gasteiger partial charge on any atom is -0.381 e. The third-order valence-electron chi connectivity index (χ3n) is 5.89. The van der Waals surface area contributed by atoms with Crippen molar-refractivity contribution in [3.8, 4) is 0 Å². The lowest BCUT2D eigenvalue weighted by molar-refractivity contribution is -0.128. The monoisotopic (exact) mass is 395 g/mol. The molecule has 0 spiro atoms. The van der Waals surface area contributed by atoms with Crippen LogP contribution in [0.5, 0.6) is 0 Å². The smallest absolute Gasteiger partial charge is 0.219 e. The molecule has 1 aromatic heterocycles. The van der Waals surface area contributed by atoms with Crippen LogP contribution in [0.1, 0.15) is 40.0 Å². The van der Waals surface area contributed by atoms with E-state index in [1.807, 2.05) is 24.1 Å². The zero-order valence-corrected chi connectivity index (χ0v) is 18.1. The highest BCUT2D eigenvalue weighted by molar-refractivity contribution is 6.06. The highest BCUT2D eigenvalue weighted by Gasteiger charge is 2.23. The molecule has 1 fully saturated rings. The highest BCUT2D eigenvalue weighted by atomic mass is 16.5. The summed E-state index contributed by atoms with van der Waals surface area (Å²) in [6.07, 6.45) is 5.49. The minimum absolute atomic E-state index is 0.123. The zero-order chi connectivity index (χ0) is 20.8. The Kier molecular flexibility index (Phi) is 7.26. The molecule has 5 nitrogen and oxygen atoms in total. The number of para-hydroxylation sites is 1. The van der Waals surface area contributed by atoms with Gasteiger partial charge in [-0.2, -0.15) is 0 Å². The fraction of sp³-hybridized carbons (Fsp3) is 0.500. The quantitative estimate of drug-likeness (QED) is 0.526. The van der Waals surface area contributed by atoms with E-state index in [1.54, 1.807) is 6.92 Å². The van der Waals surface area contributed by atoms with Crippen LogP contribution < -0.4 is 0 Å². The normalized spacial score (nSPS) is 18.6. The SMILES string of the molecule is CC1CCOCC1.CN=C(C1=C(C)CCN(C(C)=O)C1)n1ccc2ccccc21. The number of aliphatic imine (C=N–C) groups is 1. The van der Waals surface area contributed by atoms with Crippen LogP contribution in [-0.2, 0) is 9.53 Å². The van der Waals surface area contributed by atoms with Gasteiger partial charge in [-0.3, -0.25) is 9.79 Å². The second-order valence-electron chi connectivity index (χ2n) is 8.04. The minimum atomic E-state index is 0.123. The third-order valence-corrected chi connectivity index (χ3v) is 5.89. The molecule has 4 rings (SSSR count). The fourth-order valence-corrected chi connectivity index (χ4v) is 3.86. The fourth-order valence-electron chi connectivity index (χ4n) is 3.86. The lowest BCUT2D eigenvalue weighted by Gasteiger charge is -2.30. The molecule has 2 aliphatic heterocycles. The van der Waals surface area contributed by atoms with Gasteiger partial charge in [-0.05, 0) is 49.6 Å². The average molecular weight is 396 g/mol. The second kappa shape index (κ2) is 9.88. The number of amides is 1. The summed E-state index contributed by atoms with van der Waals surface area (Å²) in [6.45, 7) is 9.47. The van der Waals surface area contributed by atoms with E-state index in [0.717, 1.165) is 49.0 Å². The summed E-state index contributed by atoms with van der Waals surface area (Å²) in [5.41, 5.74) is 3.62. The molecule has 0 saturated carbocycles. The molecule has 156 valence electrons. The van der Waals surface area contributed by atoms with Gasteiger partial charge in [0.05, 0.1) is 5.52 Å². The molecule has 1 saturated heterocycles. The van der Waals surface area contributed by atoms with Crippen LogP contribution in [-0.4, -0.2) is 54.6 Å². The van der Waals surface area contributed by atoms with Gasteiger partial charge in [0.25, 0.3) is 0 Å². The Morgan fingerprint density at radius 3 is 2.52 bits per heavy atom. The Labute approximate surface area is 174 Å². The van der Waals surface area contributed by atoms with Crippen molar-refractivity contribution >= 4 is 22.6 Å². The summed E-state index contributed by atoms with van der Waals surface area (Å²) in [5.74, 6) is 1.97. The zero-order valence-electron chi connectivity index (χ0n) is 18.1. The van der Waals surface area contributed by atoms with Gasteiger partial charge in [0, 0.05) is 52.0 Å². The molecule has 5 heteroatoms. The number of hydrogen-bond acceptors (Lipinski definition) is 3. The van der Waals surface area contributed by atoms with Crippen LogP contribution in [0.2, 0.25) is 0 Å². The van der Waals surface area contributed by atoms with Gasteiger partial charge in [0.2, 0.25) is 5.91 Å². The number of hydrogen-bond donors (Lipinski definition) is 0. The summed E-state index contributed by atoms with van der Waals surface area (Å²) in [7, 11) is 1.82. The summed E-state index contributed by atoms with van der Waals surface area (Å²) in [4.78, 5) is 18.1. The topological polar surface area (TPSA) is 46.8 Å². The number of carbonyl (C=O) groups excluding carboxylic acids is 1. The maximum absolute atomic E-state index is 11.7. The molecule has 0 N–H and O–H groups in total. The van der Waals surface area contributed by atoms with Crippen molar-refractivity contribution in [1.29, 1.82) is 0 Å². The number of carbonyl (C=O) groups is 1. The molecule has 0 radical (unpaired) electrons. The number of ether oxygens (including phenoxy) is 1. The summed E-state index contributed by atoms with van der Waals surface area (Å²) >= 11 is 0. The van der Waals surface area contributed by atoms with Crippen LogP contribution in [0.25, 0.3) is 10.9 Å². The van der Waals surface area contributed by atoms with Crippen LogP contribution in [0.15, 0.2) is 52.7 Å². The third kappa shape index (κ3) is 5.15. The van der Waals surface area contributed by atoms with Crippen molar-refractivity contribution in [3.05, 3.63) is 47.7 Å². The van der Waals surface area contributed by atoms with Crippen molar-refractivity contribution in [2.45, 2.75) is 40.0 Å². The van der Waals surface area contributed by atoms with Crippen molar-refractivity contribution in [2.75, 3.05) is 33.4 Å². The summed E-state index contributed by atoms with van der Waals surface area (Å²) < 4.78 is 7.26. The van der Waals surface area contributed by atoms with Crippen LogP contribution >= 0.6 is 0 Å². The molecule has 0 unspecified atom stereocenters. The first-order valence-corrected chi connectivity index (χ1v) is 10.6. The predicted molar refractivity (Wildman–Crippen MR) is 119 cm³/mol. The van der Waals surface area contributed by atoms with E-state index in [-0.39, 0.29) is 5.91 Å². The van der Waals surface area contributed by atoms with Crippen LogP contribution in [0, 0.1) is 5.92 Å². The Morgan fingerprint density at radius 2 is 1.90 bits per heavy atom. The van der Waals surface area contributed by atoms with Crippen molar-refractivity contribution < 1.29 is 9.53 Å². The Bertz CT molecular complexity index is 904. The van der Waals surface area contributed by atoms with E-state index in [9.17, 15) is 4.79 Å². The van der Waals surface area contributed by atoms with Crippen molar-refractivity contribution in [1.82, 2.24) is 9.47 Å². The maximum atomic E-state index is 11.7. The molecular weight excluding hydrogens is 362 g/mol. The Hall–Kier alpha value is -2.40. The number of nitrogens with zero attached hydrogens (tertiary/aromatic N) is 3. The molecule has 0 bridgehead atoms. The Morgan fingerprint density at radius 1 is 1.17 bits per heavy atom. The van der Waals surface area contributed by atoms with Gasteiger partial charge in [-0.15, -0.1) is 0 Å². The van der Waals surface area contributed by atoms with E-state index >= 15 is 0 Å². The molecule has 0 atom stereocenters. The summed E-state index contributed by atoms with van der Waals surface area (Å²) in [5, 5.41) is 1.20. The van der Waals surface area contributed by atoms with E-state index in [4.69, 9.17) is 4.74 Å². The number of fused-ring (bicyclic) bond motifs is 1. The lowest BCUT2D eigenvalue weighted by Crippen LogP contribution is -2.38. The first kappa shape index (κ1) is 21.3. The van der Waals surface area contributed by atoms with Crippen LogP contribution in [0.4, 0.5) is 0 Å². The lowest BCUT2D eigenvalue weighted by atomic mass is 10.00. The van der Waals surface area contributed by atoms with Crippen molar-refractivity contribution in [3.63, 3.8) is 0 Å². The predicted octanol–water partition coefficient (Wildman–Crippen LogP) is 4.52. The van der Waals surface area contributed by atoms with E-state index < -0.39 is 0 Å². The van der Waals surface area contributed by atoms with Gasteiger partial charge in [0.15, 0.2) is 0 Å². The van der Waals surface area contributed by atoms with Crippen molar-refractivity contribution in [2.24, 2.45) is 10.9 Å². The average Bonchev–Trinajstić information content (AvgIpc) is 3.15. The molecular formula is C24H33N3O2. The molecule has 2 aliphatic rings. The molecule has 1 amide bonds. The summed E-state index contributed by atoms with van der Waals surface area (Å²) in [6, 6.07) is 10.4. The number of benzene rings is 1. The van der Waals surface area contributed by atoms with Crippen LogP contribution in [0.3, 0.4) is 0 Å². The van der Waals surface area contributed by atoms with Gasteiger partial charge in [-0.1, -0.05) is 30.7 Å². The molecule has 3 heterocycles. The van der Waals surface area contributed by atoms with E-state index in [2.05, 4.69) is 47.8 Å². The largest absolute Gasteiger partial charge is 0.381 e. The van der Waals surface area contributed by atoms with Gasteiger partial charge >= 0.3 is 0 Å². The van der Waals surface area contributed by atoms with E-state index in [1.165, 1.54) is 23.8 Å². The van der Waals surface area contributed by atoms with Gasteiger partial charge < -0.3 is 14.2 Å². The standard InChI is InChI=1S/C18H21N3O.C6H12O/c1-13-8-10-20(14(2)22)12-16(13)18(19-3)21-11-9-15-6-4-5-7-17(15)21;1-6-2-4-7-5-3-6/h4-7,9,11H,8,10,12H2,1-3H3;6H,2-5H2,1H3. The molecule has 1 aromatic carbocycles. The first-order chi connectivity index (χ1) is 14.0. The van der Waals surface area contributed by atoms with E-state index in [0.29, 0.717) is 6.54 Å². The molecule has 0 aliphatic carbocycles. The second-order valence-corrected chi connectivity index (χ2v) is 8.04. The highest BCUT2D eigenvalue weighted by Crippen LogP contribution is 2.23. The molecule has 2 aromatic rings. The Balaban J connectivity index is 0.000000290. The number of aromatic nitrogens is 1.